The van der Waals surface area contributed by atoms with Crippen LogP contribution in [0.4, 0.5) is 0 Å². The lowest BCUT2D eigenvalue weighted by molar-refractivity contribution is 0.144. The topological polar surface area (TPSA) is 9.23 Å². The molecule has 0 fully saturated rings. The smallest absolute Gasteiger partial charge is 0.192 e. The summed E-state index contributed by atoms with van der Waals surface area (Å²) in [5, 5.41) is 0.319. The van der Waals surface area contributed by atoms with Crippen LogP contribution in [0.15, 0.2) is 0 Å². The molecule has 1 unspecified atom stereocenters. The molecule has 0 saturated carbocycles. The summed E-state index contributed by atoms with van der Waals surface area (Å²) in [6.07, 6.45) is 1.52. The Labute approximate surface area is 97.7 Å². The Morgan fingerprint density at radius 1 is 1.00 bits per heavy atom. The molecule has 1 atom stereocenters. The van der Waals surface area contributed by atoms with E-state index in [4.69, 9.17) is 4.43 Å². The standard InChI is InChI=1S/C13H30OSi/c1-11(10-12(2,3)4)14-15(8,9)13(5,6)7/h11H,10H2,1-9H3. The summed E-state index contributed by atoms with van der Waals surface area (Å²) in [4.78, 5) is 0. The summed E-state index contributed by atoms with van der Waals surface area (Å²) < 4.78 is 6.32. The van der Waals surface area contributed by atoms with Crippen LogP contribution in [0, 0.1) is 5.41 Å². The van der Waals surface area contributed by atoms with Gasteiger partial charge in [-0.1, -0.05) is 41.5 Å². The molecular formula is C13H30OSi. The maximum atomic E-state index is 6.32. The molecule has 0 saturated heterocycles. The predicted octanol–water partition coefficient (Wildman–Crippen LogP) is 4.83. The van der Waals surface area contributed by atoms with Crippen molar-refractivity contribution < 1.29 is 4.43 Å². The van der Waals surface area contributed by atoms with Crippen molar-refractivity contribution in [3.05, 3.63) is 0 Å². The highest BCUT2D eigenvalue weighted by atomic mass is 28.4. The number of hydrogen-bond acceptors (Lipinski definition) is 1. The van der Waals surface area contributed by atoms with Gasteiger partial charge in [0.1, 0.15) is 0 Å². The van der Waals surface area contributed by atoms with Gasteiger partial charge in [-0.3, -0.25) is 0 Å². The van der Waals surface area contributed by atoms with Gasteiger partial charge < -0.3 is 4.43 Å². The second kappa shape index (κ2) is 4.58. The summed E-state index contributed by atoms with van der Waals surface area (Å²) >= 11 is 0. The molecule has 2 heteroatoms. The van der Waals surface area contributed by atoms with E-state index in [1.807, 2.05) is 0 Å². The third-order valence-electron chi connectivity index (χ3n) is 3.20. The molecule has 0 spiro atoms. The highest BCUT2D eigenvalue weighted by molar-refractivity contribution is 6.74. The summed E-state index contributed by atoms with van der Waals surface area (Å²) in [5.74, 6) is 0. The van der Waals surface area contributed by atoms with Crippen LogP contribution in [0.5, 0.6) is 0 Å². The molecule has 0 amide bonds. The first kappa shape index (κ1) is 15.2. The summed E-state index contributed by atoms with van der Waals surface area (Å²) in [6.45, 7) is 20.6. The van der Waals surface area contributed by atoms with Gasteiger partial charge in [-0.2, -0.15) is 0 Å². The highest BCUT2D eigenvalue weighted by Gasteiger charge is 2.38. The van der Waals surface area contributed by atoms with Crippen molar-refractivity contribution in [1.82, 2.24) is 0 Å². The Hall–Kier alpha value is 0.177. The average Bonchev–Trinajstić information content (AvgIpc) is 1.75. The lowest BCUT2D eigenvalue weighted by Crippen LogP contribution is -2.43. The van der Waals surface area contributed by atoms with E-state index in [-0.39, 0.29) is 0 Å². The quantitative estimate of drug-likeness (QED) is 0.631. The fourth-order valence-electron chi connectivity index (χ4n) is 1.58. The van der Waals surface area contributed by atoms with Gasteiger partial charge in [0, 0.05) is 6.10 Å². The van der Waals surface area contributed by atoms with E-state index in [1.165, 1.54) is 0 Å². The van der Waals surface area contributed by atoms with Gasteiger partial charge in [0.2, 0.25) is 0 Å². The maximum absolute atomic E-state index is 6.32. The van der Waals surface area contributed by atoms with Crippen LogP contribution < -0.4 is 0 Å². The summed E-state index contributed by atoms with van der Waals surface area (Å²) in [6, 6.07) is 0. The molecule has 0 N–H and O–H groups in total. The normalized spacial score (nSPS) is 16.6. The van der Waals surface area contributed by atoms with Gasteiger partial charge in [-0.15, -0.1) is 0 Å². The molecule has 0 rings (SSSR count). The van der Waals surface area contributed by atoms with E-state index in [0.717, 1.165) is 6.42 Å². The van der Waals surface area contributed by atoms with Gasteiger partial charge in [0.05, 0.1) is 0 Å². The van der Waals surface area contributed by atoms with Crippen molar-refractivity contribution in [3.8, 4) is 0 Å². The first-order chi connectivity index (χ1) is 6.35. The Kier molecular flexibility index (Phi) is 4.64. The van der Waals surface area contributed by atoms with Crippen LogP contribution in [0.1, 0.15) is 54.9 Å². The molecule has 0 aromatic rings. The molecule has 0 aliphatic heterocycles. The molecule has 0 radical (unpaired) electrons. The highest BCUT2D eigenvalue weighted by Crippen LogP contribution is 2.38. The Morgan fingerprint density at radius 2 is 1.40 bits per heavy atom. The minimum Gasteiger partial charge on any atom is -0.414 e. The SMILES string of the molecule is CC(CC(C)(C)C)O[Si](C)(C)C(C)(C)C. The molecule has 0 aromatic heterocycles. The number of hydrogen-bond donors (Lipinski definition) is 0. The zero-order valence-corrected chi connectivity index (χ0v) is 13.2. The summed E-state index contributed by atoms with van der Waals surface area (Å²) in [5.41, 5.74) is 0.363. The largest absolute Gasteiger partial charge is 0.414 e. The van der Waals surface area contributed by atoms with Gasteiger partial charge in [0.25, 0.3) is 0 Å². The van der Waals surface area contributed by atoms with Gasteiger partial charge >= 0.3 is 0 Å². The fourth-order valence-corrected chi connectivity index (χ4v) is 3.03. The van der Waals surface area contributed by atoms with Crippen molar-refractivity contribution in [3.63, 3.8) is 0 Å². The van der Waals surface area contributed by atoms with Crippen molar-refractivity contribution in [1.29, 1.82) is 0 Å². The second-order valence-electron chi connectivity index (χ2n) is 7.45. The zero-order chi connectivity index (χ0) is 12.5. The van der Waals surface area contributed by atoms with Crippen LogP contribution in [0.25, 0.3) is 0 Å². The molecule has 0 bridgehead atoms. The first-order valence-corrected chi connectivity index (χ1v) is 8.94. The van der Waals surface area contributed by atoms with Gasteiger partial charge in [-0.25, -0.2) is 0 Å². The summed E-state index contributed by atoms with van der Waals surface area (Å²) in [7, 11) is -1.57. The van der Waals surface area contributed by atoms with Crippen molar-refractivity contribution in [2.45, 2.75) is 79.1 Å². The van der Waals surface area contributed by atoms with Gasteiger partial charge in [0.15, 0.2) is 8.32 Å². The van der Waals surface area contributed by atoms with E-state index >= 15 is 0 Å². The Balaban J connectivity index is 4.36. The fraction of sp³-hybridized carbons (Fsp3) is 1.00. The van der Waals surface area contributed by atoms with Crippen molar-refractivity contribution in [2.24, 2.45) is 5.41 Å². The molecule has 1 nitrogen and oxygen atoms in total. The van der Waals surface area contributed by atoms with Crippen LogP contribution in [-0.4, -0.2) is 14.4 Å². The van der Waals surface area contributed by atoms with E-state index in [9.17, 15) is 0 Å². The van der Waals surface area contributed by atoms with Crippen molar-refractivity contribution >= 4 is 8.32 Å². The second-order valence-corrected chi connectivity index (χ2v) is 12.2. The molecule has 0 aliphatic rings. The third kappa shape index (κ3) is 5.72. The van der Waals surface area contributed by atoms with E-state index in [2.05, 4.69) is 61.6 Å². The Morgan fingerprint density at radius 3 is 1.67 bits per heavy atom. The van der Waals surface area contributed by atoms with Crippen LogP contribution in [0.3, 0.4) is 0 Å². The monoisotopic (exact) mass is 230 g/mol. The van der Waals surface area contributed by atoms with Gasteiger partial charge in [-0.05, 0) is 36.9 Å². The van der Waals surface area contributed by atoms with Crippen molar-refractivity contribution in [2.75, 3.05) is 0 Å². The number of rotatable bonds is 3. The van der Waals surface area contributed by atoms with Crippen LogP contribution >= 0.6 is 0 Å². The lowest BCUT2D eigenvalue weighted by Gasteiger charge is -2.39. The minimum atomic E-state index is -1.57. The van der Waals surface area contributed by atoms with E-state index in [0.29, 0.717) is 16.6 Å². The van der Waals surface area contributed by atoms with Crippen LogP contribution in [0.2, 0.25) is 18.1 Å². The predicted molar refractivity (Wildman–Crippen MR) is 71.8 cm³/mol. The minimum absolute atomic E-state index is 0.319. The molecule has 0 aromatic carbocycles. The molecular weight excluding hydrogens is 200 g/mol. The molecule has 0 aliphatic carbocycles. The van der Waals surface area contributed by atoms with E-state index < -0.39 is 8.32 Å². The lowest BCUT2D eigenvalue weighted by atomic mass is 9.90. The maximum Gasteiger partial charge on any atom is 0.192 e. The average molecular weight is 230 g/mol. The van der Waals surface area contributed by atoms with Crippen LogP contribution in [-0.2, 0) is 4.43 Å². The zero-order valence-electron chi connectivity index (χ0n) is 12.2. The third-order valence-corrected chi connectivity index (χ3v) is 7.81. The Bertz CT molecular complexity index is 196. The first-order valence-electron chi connectivity index (χ1n) is 6.03. The van der Waals surface area contributed by atoms with E-state index in [1.54, 1.807) is 0 Å². The molecule has 0 heterocycles. The molecule has 92 valence electrons. The molecule has 15 heavy (non-hydrogen) atoms.